The maximum atomic E-state index is 11.1. The molecular formula is C17H25N3O2. The van der Waals surface area contributed by atoms with E-state index in [2.05, 4.69) is 34.3 Å². The summed E-state index contributed by atoms with van der Waals surface area (Å²) in [7, 11) is 2.21. The van der Waals surface area contributed by atoms with Gasteiger partial charge in [0.25, 0.3) is 0 Å². The van der Waals surface area contributed by atoms with Gasteiger partial charge in [-0.3, -0.25) is 9.69 Å². The lowest BCUT2D eigenvalue weighted by molar-refractivity contribution is -0.114. The van der Waals surface area contributed by atoms with Crippen LogP contribution in [0.2, 0.25) is 0 Å². The molecule has 5 heteroatoms. The highest BCUT2D eigenvalue weighted by Crippen LogP contribution is 2.21. The fourth-order valence-electron chi connectivity index (χ4n) is 3.49. The van der Waals surface area contributed by atoms with Gasteiger partial charge in [0, 0.05) is 50.7 Å². The number of likely N-dealkylation sites (N-methyl/N-ethyl adjacent to an activating group) is 1. The first-order valence-electron chi connectivity index (χ1n) is 7.97. The van der Waals surface area contributed by atoms with Crippen LogP contribution in [0, 0.1) is 5.92 Å². The van der Waals surface area contributed by atoms with E-state index in [4.69, 9.17) is 4.74 Å². The quantitative estimate of drug-likeness (QED) is 0.917. The van der Waals surface area contributed by atoms with Gasteiger partial charge in [-0.1, -0.05) is 12.1 Å². The Kier molecular flexibility index (Phi) is 4.76. The Bertz CT molecular complexity index is 517. The second-order valence-corrected chi connectivity index (χ2v) is 6.59. The van der Waals surface area contributed by atoms with Gasteiger partial charge in [0.1, 0.15) is 0 Å². The van der Waals surface area contributed by atoms with Gasteiger partial charge in [-0.15, -0.1) is 0 Å². The molecule has 5 nitrogen and oxygen atoms in total. The Morgan fingerprint density at radius 1 is 1.23 bits per heavy atom. The van der Waals surface area contributed by atoms with Crippen LogP contribution < -0.4 is 5.32 Å². The highest BCUT2D eigenvalue weighted by molar-refractivity contribution is 5.88. The minimum absolute atomic E-state index is 0.0331. The third-order valence-corrected chi connectivity index (χ3v) is 4.43. The predicted molar refractivity (Wildman–Crippen MR) is 86.7 cm³/mol. The number of hydrogen-bond donors (Lipinski definition) is 1. The molecule has 2 atom stereocenters. The molecule has 120 valence electrons. The molecule has 1 aromatic rings. The number of anilines is 1. The zero-order valence-electron chi connectivity index (χ0n) is 13.4. The van der Waals surface area contributed by atoms with E-state index in [1.165, 1.54) is 12.5 Å². The van der Waals surface area contributed by atoms with E-state index in [0.717, 1.165) is 45.1 Å². The monoisotopic (exact) mass is 303 g/mol. The minimum Gasteiger partial charge on any atom is -0.379 e. The summed E-state index contributed by atoms with van der Waals surface area (Å²) in [6, 6.07) is 8.62. The number of nitrogens with zero attached hydrogens (tertiary/aromatic N) is 2. The first-order valence-corrected chi connectivity index (χ1v) is 7.97. The number of benzene rings is 1. The van der Waals surface area contributed by atoms with E-state index in [1.807, 2.05) is 12.1 Å². The number of nitrogens with one attached hydrogen (secondary N) is 1. The summed E-state index contributed by atoms with van der Waals surface area (Å²) in [5, 5.41) is 2.81. The van der Waals surface area contributed by atoms with Crippen molar-refractivity contribution in [3.63, 3.8) is 0 Å². The first-order chi connectivity index (χ1) is 10.6. The van der Waals surface area contributed by atoms with E-state index in [0.29, 0.717) is 12.0 Å². The van der Waals surface area contributed by atoms with Gasteiger partial charge >= 0.3 is 0 Å². The number of fused-ring (bicyclic) bond motifs is 3. The highest BCUT2D eigenvalue weighted by atomic mass is 16.5. The van der Waals surface area contributed by atoms with E-state index >= 15 is 0 Å². The Balaban J connectivity index is 1.68. The maximum absolute atomic E-state index is 11.1. The Hall–Kier alpha value is -1.43. The van der Waals surface area contributed by atoms with Gasteiger partial charge in [-0.05, 0) is 24.7 Å². The van der Waals surface area contributed by atoms with E-state index in [9.17, 15) is 4.79 Å². The zero-order valence-corrected chi connectivity index (χ0v) is 13.4. The van der Waals surface area contributed by atoms with Crippen LogP contribution >= 0.6 is 0 Å². The van der Waals surface area contributed by atoms with Crippen LogP contribution in [-0.4, -0.2) is 61.6 Å². The second-order valence-electron chi connectivity index (χ2n) is 6.59. The van der Waals surface area contributed by atoms with Crippen molar-refractivity contribution in [1.29, 1.82) is 0 Å². The molecule has 0 aliphatic carbocycles. The smallest absolute Gasteiger partial charge is 0.221 e. The number of carbonyl (C=O) groups is 1. The Morgan fingerprint density at radius 2 is 2.00 bits per heavy atom. The number of rotatable bonds is 3. The van der Waals surface area contributed by atoms with Crippen LogP contribution in [-0.2, 0) is 16.1 Å². The number of ether oxygens (including phenoxy) is 1. The van der Waals surface area contributed by atoms with Crippen LogP contribution in [0.25, 0.3) is 0 Å². The number of amides is 1. The fourth-order valence-corrected chi connectivity index (χ4v) is 3.49. The topological polar surface area (TPSA) is 44.8 Å². The van der Waals surface area contributed by atoms with Gasteiger partial charge in [0.05, 0.1) is 13.2 Å². The van der Waals surface area contributed by atoms with Crippen molar-refractivity contribution in [2.24, 2.45) is 5.92 Å². The molecule has 0 aromatic heterocycles. The van der Waals surface area contributed by atoms with Crippen molar-refractivity contribution in [1.82, 2.24) is 9.80 Å². The van der Waals surface area contributed by atoms with E-state index < -0.39 is 0 Å². The highest BCUT2D eigenvalue weighted by Gasteiger charge is 2.31. The van der Waals surface area contributed by atoms with Crippen molar-refractivity contribution in [3.05, 3.63) is 29.8 Å². The molecule has 0 saturated carbocycles. The molecule has 3 rings (SSSR count). The van der Waals surface area contributed by atoms with Crippen LogP contribution in [0.1, 0.15) is 12.5 Å². The Morgan fingerprint density at radius 3 is 2.73 bits per heavy atom. The molecular weight excluding hydrogens is 278 g/mol. The van der Waals surface area contributed by atoms with E-state index in [-0.39, 0.29) is 5.91 Å². The van der Waals surface area contributed by atoms with E-state index in [1.54, 1.807) is 0 Å². The molecule has 0 radical (unpaired) electrons. The van der Waals surface area contributed by atoms with Gasteiger partial charge in [0.15, 0.2) is 0 Å². The number of carbonyl (C=O) groups excluding carboxylic acids is 1. The van der Waals surface area contributed by atoms with Gasteiger partial charge < -0.3 is 15.0 Å². The summed E-state index contributed by atoms with van der Waals surface area (Å²) in [6.07, 6.45) is 0. The zero-order chi connectivity index (χ0) is 15.5. The fraction of sp³-hybridized carbons (Fsp3) is 0.588. The van der Waals surface area contributed by atoms with Crippen molar-refractivity contribution in [3.8, 4) is 0 Å². The standard InChI is InChI=1S/C17H25N3O2/c1-13(21)18-16-5-3-14(4-6-16)8-20-9-15-7-19(2)10-17(20)12-22-11-15/h3-6,15,17H,7-12H2,1-2H3,(H,18,21)/t15-,17-/m0/s1. The molecule has 2 saturated heterocycles. The number of hydrogen-bond acceptors (Lipinski definition) is 4. The average Bonchev–Trinajstić information content (AvgIpc) is 2.70. The molecule has 2 fully saturated rings. The van der Waals surface area contributed by atoms with Crippen LogP contribution in [0.5, 0.6) is 0 Å². The molecule has 2 aliphatic rings. The summed E-state index contributed by atoms with van der Waals surface area (Å²) >= 11 is 0. The van der Waals surface area contributed by atoms with Crippen LogP contribution in [0.3, 0.4) is 0 Å². The minimum atomic E-state index is -0.0331. The lowest BCUT2D eigenvalue weighted by atomic mass is 10.1. The third-order valence-electron chi connectivity index (χ3n) is 4.43. The first kappa shape index (κ1) is 15.5. The lowest BCUT2D eigenvalue weighted by Crippen LogP contribution is -2.42. The summed E-state index contributed by atoms with van der Waals surface area (Å²) in [6.45, 7) is 7.46. The molecule has 22 heavy (non-hydrogen) atoms. The molecule has 2 aliphatic heterocycles. The predicted octanol–water partition coefficient (Wildman–Crippen LogP) is 1.41. The SMILES string of the molecule is CC(=O)Nc1ccc(CN2C[C@H]3COC[C@@H]2CN(C)C3)cc1. The van der Waals surface area contributed by atoms with Crippen LogP contribution in [0.4, 0.5) is 5.69 Å². The molecule has 1 N–H and O–H groups in total. The summed E-state index contributed by atoms with van der Waals surface area (Å²) in [4.78, 5) is 16.0. The van der Waals surface area contributed by atoms with Crippen molar-refractivity contribution < 1.29 is 9.53 Å². The normalized spacial score (nSPS) is 26.5. The molecule has 1 amide bonds. The summed E-state index contributed by atoms with van der Waals surface area (Å²) < 4.78 is 5.82. The van der Waals surface area contributed by atoms with Gasteiger partial charge in [-0.2, -0.15) is 0 Å². The van der Waals surface area contributed by atoms with Crippen molar-refractivity contribution in [2.45, 2.75) is 19.5 Å². The lowest BCUT2D eigenvalue weighted by Gasteiger charge is -2.29. The molecule has 1 aromatic carbocycles. The molecule has 0 unspecified atom stereocenters. The average molecular weight is 303 g/mol. The van der Waals surface area contributed by atoms with Crippen molar-refractivity contribution in [2.75, 3.05) is 45.2 Å². The van der Waals surface area contributed by atoms with Crippen LogP contribution in [0.15, 0.2) is 24.3 Å². The molecule has 0 spiro atoms. The summed E-state index contributed by atoms with van der Waals surface area (Å²) in [5.41, 5.74) is 2.14. The maximum Gasteiger partial charge on any atom is 0.221 e. The van der Waals surface area contributed by atoms with Gasteiger partial charge in [0.2, 0.25) is 5.91 Å². The molecule has 2 heterocycles. The largest absolute Gasteiger partial charge is 0.379 e. The third kappa shape index (κ3) is 3.85. The molecule has 2 bridgehead atoms. The Labute approximate surface area is 132 Å². The second kappa shape index (κ2) is 6.77. The van der Waals surface area contributed by atoms with Crippen molar-refractivity contribution >= 4 is 11.6 Å². The summed E-state index contributed by atoms with van der Waals surface area (Å²) in [5.74, 6) is 0.561. The van der Waals surface area contributed by atoms with Gasteiger partial charge in [-0.25, -0.2) is 0 Å².